The summed E-state index contributed by atoms with van der Waals surface area (Å²) in [5, 5.41) is 14.6. The van der Waals surface area contributed by atoms with Crippen LogP contribution in [0.25, 0.3) is 0 Å². The molecule has 0 spiro atoms. The van der Waals surface area contributed by atoms with Crippen molar-refractivity contribution in [3.63, 3.8) is 0 Å². The van der Waals surface area contributed by atoms with Crippen LogP contribution in [0.2, 0.25) is 0 Å². The second-order valence-corrected chi connectivity index (χ2v) is 11.3. The summed E-state index contributed by atoms with van der Waals surface area (Å²) in [5.41, 5.74) is 11.4. The monoisotopic (exact) mass is 450 g/mol. The van der Waals surface area contributed by atoms with Crippen molar-refractivity contribution in [2.45, 2.75) is 81.9 Å². The molecule has 2 saturated carbocycles. The number of rotatable bonds is 6. The fraction of sp³-hybridized carbons (Fsp3) is 0.864. The second-order valence-electron chi connectivity index (χ2n) is 10.2. The lowest BCUT2D eigenvalue weighted by molar-refractivity contribution is -0.126. The van der Waals surface area contributed by atoms with Crippen LogP contribution in [-0.2, 0) is 9.59 Å². The molecule has 2 saturated heterocycles. The Morgan fingerprint density at radius 2 is 1.81 bits per heavy atom. The Morgan fingerprint density at radius 1 is 1.10 bits per heavy atom. The largest absolute Gasteiger partial charge is 0.387 e. The first-order valence-corrected chi connectivity index (χ1v) is 12.9. The molecule has 31 heavy (non-hydrogen) atoms. The fourth-order valence-electron chi connectivity index (χ4n) is 6.18. The van der Waals surface area contributed by atoms with E-state index in [1.807, 2.05) is 0 Å². The van der Waals surface area contributed by atoms with Crippen molar-refractivity contribution in [3.8, 4) is 0 Å². The van der Waals surface area contributed by atoms with Crippen LogP contribution >= 0.6 is 11.8 Å². The highest BCUT2D eigenvalue weighted by Gasteiger charge is 2.48. The number of thioether (sulfide) groups is 1. The summed E-state index contributed by atoms with van der Waals surface area (Å²) in [6.45, 7) is 3.02. The highest BCUT2D eigenvalue weighted by molar-refractivity contribution is 8.00. The molecule has 2 aliphatic heterocycles. The molecule has 0 aromatic carbocycles. The Balaban J connectivity index is 1.44. The molecule has 2 aliphatic carbocycles. The number of amidine groups is 1. The van der Waals surface area contributed by atoms with Crippen LogP contribution < -0.4 is 22.1 Å². The van der Waals surface area contributed by atoms with Crippen LogP contribution in [0.5, 0.6) is 0 Å². The SMILES string of the molecule is CC1CSC(NC(=O)C2CC3CCC(C(=N)N)CC3N2CC2CCC(C(N)=O)CC2)N1. The van der Waals surface area contributed by atoms with E-state index in [1.165, 1.54) is 0 Å². The molecule has 4 rings (SSSR count). The van der Waals surface area contributed by atoms with Crippen molar-refractivity contribution >= 4 is 29.4 Å². The van der Waals surface area contributed by atoms with Crippen molar-refractivity contribution < 1.29 is 9.59 Å². The van der Waals surface area contributed by atoms with E-state index in [0.29, 0.717) is 23.9 Å². The highest BCUT2D eigenvalue weighted by Crippen LogP contribution is 2.43. The molecule has 6 unspecified atom stereocenters. The molecule has 7 N–H and O–H groups in total. The number of carbonyl (C=O) groups excluding carboxylic acids is 2. The lowest BCUT2D eigenvalue weighted by atomic mass is 9.77. The van der Waals surface area contributed by atoms with Crippen LogP contribution in [0.4, 0.5) is 0 Å². The molecular formula is C22H38N6O2S. The first-order chi connectivity index (χ1) is 14.8. The molecule has 174 valence electrons. The smallest absolute Gasteiger partial charge is 0.239 e. The van der Waals surface area contributed by atoms with Gasteiger partial charge < -0.3 is 16.8 Å². The van der Waals surface area contributed by atoms with Crippen LogP contribution in [-0.4, -0.2) is 58.5 Å². The zero-order valence-electron chi connectivity index (χ0n) is 18.5. The van der Waals surface area contributed by atoms with Gasteiger partial charge in [-0.2, -0.15) is 0 Å². The molecule has 8 nitrogen and oxygen atoms in total. The van der Waals surface area contributed by atoms with Crippen LogP contribution in [0.15, 0.2) is 0 Å². The van der Waals surface area contributed by atoms with Crippen LogP contribution in [0.1, 0.15) is 58.3 Å². The summed E-state index contributed by atoms with van der Waals surface area (Å²) in [4.78, 5) is 27.3. The number of nitrogens with two attached hydrogens (primary N) is 2. The van der Waals surface area contributed by atoms with Gasteiger partial charge >= 0.3 is 0 Å². The average Bonchev–Trinajstić information content (AvgIpc) is 3.31. The minimum atomic E-state index is -0.177. The lowest BCUT2D eigenvalue weighted by Crippen LogP contribution is -2.53. The van der Waals surface area contributed by atoms with E-state index in [2.05, 4.69) is 22.5 Å². The lowest BCUT2D eigenvalue weighted by Gasteiger charge is -2.39. The van der Waals surface area contributed by atoms with Crippen LogP contribution in [0.3, 0.4) is 0 Å². The zero-order valence-corrected chi connectivity index (χ0v) is 19.3. The maximum absolute atomic E-state index is 13.3. The number of likely N-dealkylation sites (tertiary alicyclic amines) is 1. The number of amides is 2. The van der Waals surface area contributed by atoms with E-state index >= 15 is 0 Å². The Hall–Kier alpha value is -1.32. The minimum Gasteiger partial charge on any atom is -0.387 e. The zero-order chi connectivity index (χ0) is 22.1. The predicted octanol–water partition coefficient (Wildman–Crippen LogP) is 1.20. The number of nitrogens with zero attached hydrogens (tertiary/aromatic N) is 1. The Bertz CT molecular complexity index is 697. The predicted molar refractivity (Wildman–Crippen MR) is 123 cm³/mol. The van der Waals surface area contributed by atoms with Crippen LogP contribution in [0, 0.1) is 29.1 Å². The van der Waals surface area contributed by atoms with E-state index in [1.54, 1.807) is 11.8 Å². The molecule has 4 aliphatic rings. The second kappa shape index (κ2) is 9.67. The van der Waals surface area contributed by atoms with Gasteiger partial charge in [0.15, 0.2) is 0 Å². The van der Waals surface area contributed by atoms with E-state index < -0.39 is 0 Å². The summed E-state index contributed by atoms with van der Waals surface area (Å²) >= 11 is 1.76. The minimum absolute atomic E-state index is 0.00546. The molecule has 0 bridgehead atoms. The van der Waals surface area contributed by atoms with Gasteiger partial charge in [-0.3, -0.25) is 25.2 Å². The number of carbonyl (C=O) groups is 2. The fourth-order valence-corrected chi connectivity index (χ4v) is 7.28. The molecule has 0 radical (unpaired) electrons. The number of primary amides is 1. The Kier molecular flexibility index (Phi) is 7.13. The third kappa shape index (κ3) is 5.20. The van der Waals surface area contributed by atoms with Gasteiger partial charge in [-0.15, -0.1) is 11.8 Å². The topological polar surface area (TPSA) is 137 Å². The van der Waals surface area contributed by atoms with Crippen molar-refractivity contribution in [1.82, 2.24) is 15.5 Å². The van der Waals surface area contributed by atoms with Gasteiger partial charge in [0, 0.05) is 36.2 Å². The van der Waals surface area contributed by atoms with E-state index in [0.717, 1.165) is 63.7 Å². The third-order valence-corrected chi connectivity index (χ3v) is 9.27. The van der Waals surface area contributed by atoms with Crippen molar-refractivity contribution in [2.24, 2.45) is 35.1 Å². The number of hydrogen-bond donors (Lipinski definition) is 5. The molecule has 9 heteroatoms. The van der Waals surface area contributed by atoms with Gasteiger partial charge in [0.25, 0.3) is 0 Å². The quantitative estimate of drug-likeness (QED) is 0.305. The molecular weight excluding hydrogens is 412 g/mol. The standard InChI is InChI=1S/C22H38N6O2S/c1-12-11-31-22(26-12)27-21(30)18-8-15-6-7-16(19(23)24)9-17(15)28(18)10-13-2-4-14(5-3-13)20(25)29/h12-18,22,26H,2-11H2,1H3,(H3,23,24)(H2,25,29)(H,27,30). The summed E-state index contributed by atoms with van der Waals surface area (Å²) < 4.78 is 0. The molecule has 4 fully saturated rings. The van der Waals surface area contributed by atoms with Crippen molar-refractivity contribution in [2.75, 3.05) is 12.3 Å². The molecule has 6 atom stereocenters. The number of fused-ring (bicyclic) bond motifs is 1. The Labute approximate surface area is 189 Å². The summed E-state index contributed by atoms with van der Waals surface area (Å²) in [6, 6.07) is 0.609. The Morgan fingerprint density at radius 3 is 2.42 bits per heavy atom. The number of hydrogen-bond acceptors (Lipinski definition) is 6. The number of nitrogens with one attached hydrogen (secondary N) is 3. The summed E-state index contributed by atoms with van der Waals surface area (Å²) in [5.74, 6) is 2.36. The van der Waals surface area contributed by atoms with Gasteiger partial charge in [-0.25, -0.2) is 0 Å². The van der Waals surface area contributed by atoms with E-state index in [4.69, 9.17) is 16.9 Å². The maximum Gasteiger partial charge on any atom is 0.239 e. The van der Waals surface area contributed by atoms with Gasteiger partial charge in [0.2, 0.25) is 11.8 Å². The summed E-state index contributed by atoms with van der Waals surface area (Å²) in [6.07, 6.45) is 7.47. The highest BCUT2D eigenvalue weighted by atomic mass is 32.2. The first-order valence-electron chi connectivity index (χ1n) is 11.9. The van der Waals surface area contributed by atoms with Crippen molar-refractivity contribution in [1.29, 1.82) is 5.41 Å². The van der Waals surface area contributed by atoms with E-state index in [9.17, 15) is 9.59 Å². The van der Waals surface area contributed by atoms with Gasteiger partial charge in [0.05, 0.1) is 11.9 Å². The molecule has 2 heterocycles. The van der Waals surface area contributed by atoms with Gasteiger partial charge in [-0.05, 0) is 70.1 Å². The average molecular weight is 451 g/mol. The molecule has 0 aromatic rings. The maximum atomic E-state index is 13.3. The molecule has 0 aromatic heterocycles. The first kappa shape index (κ1) is 22.9. The molecule has 2 amide bonds. The third-order valence-electron chi connectivity index (χ3n) is 7.99. The van der Waals surface area contributed by atoms with E-state index in [-0.39, 0.29) is 41.0 Å². The normalized spacial score (nSPS) is 40.9. The van der Waals surface area contributed by atoms with Gasteiger partial charge in [0.1, 0.15) is 5.50 Å². The van der Waals surface area contributed by atoms with Crippen molar-refractivity contribution in [3.05, 3.63) is 0 Å². The summed E-state index contributed by atoms with van der Waals surface area (Å²) in [7, 11) is 0. The van der Waals surface area contributed by atoms with Gasteiger partial charge in [-0.1, -0.05) is 0 Å².